The quantitative estimate of drug-likeness (QED) is 0.528. The van der Waals surface area contributed by atoms with E-state index in [1.807, 2.05) is 60.8 Å². The van der Waals surface area contributed by atoms with E-state index in [0.29, 0.717) is 6.54 Å². The smallest absolute Gasteiger partial charge is 0.223 e. The zero-order valence-electron chi connectivity index (χ0n) is 14.8. The predicted octanol–water partition coefficient (Wildman–Crippen LogP) is 4.11. The number of nitrogens with zero attached hydrogens (tertiary/aromatic N) is 4. The third-order valence-corrected chi connectivity index (χ3v) is 4.98. The van der Waals surface area contributed by atoms with Crippen LogP contribution in [0.25, 0.3) is 17.1 Å². The number of rotatable bonds is 5. The molecule has 0 bridgehead atoms. The van der Waals surface area contributed by atoms with E-state index in [2.05, 4.69) is 26.1 Å². The minimum absolute atomic E-state index is 0.554. The van der Waals surface area contributed by atoms with E-state index in [9.17, 15) is 0 Å². The van der Waals surface area contributed by atoms with Crippen LogP contribution in [0.2, 0.25) is 0 Å². The van der Waals surface area contributed by atoms with Crippen molar-refractivity contribution in [1.82, 2.24) is 13.9 Å². The Balaban J connectivity index is 1.77. The molecule has 0 saturated heterocycles. The molecule has 2 aromatic carbocycles. The summed E-state index contributed by atoms with van der Waals surface area (Å²) in [6.07, 6.45) is 3.59. The van der Waals surface area contributed by atoms with Gasteiger partial charge in [-0.3, -0.25) is 9.98 Å². The normalized spacial score (nSPS) is 11.5. The van der Waals surface area contributed by atoms with E-state index in [4.69, 9.17) is 9.72 Å². The first-order chi connectivity index (χ1) is 13.3. The van der Waals surface area contributed by atoms with Crippen LogP contribution in [0, 0.1) is 0 Å². The Hall–Kier alpha value is -3.25. The van der Waals surface area contributed by atoms with Crippen LogP contribution >= 0.6 is 11.5 Å². The van der Waals surface area contributed by atoms with Crippen molar-refractivity contribution in [3.63, 3.8) is 0 Å². The maximum absolute atomic E-state index is 5.27. The fraction of sp³-hybridized carbons (Fsp3) is 0.0952. The van der Waals surface area contributed by atoms with Gasteiger partial charge in [-0.25, -0.2) is 3.96 Å². The lowest BCUT2D eigenvalue weighted by Gasteiger charge is -2.07. The molecule has 0 atom stereocenters. The number of hydrogen-bond acceptors (Lipinski definition) is 5. The molecule has 0 aliphatic carbocycles. The second-order valence-corrected chi connectivity index (χ2v) is 6.76. The molecule has 4 aromatic rings. The number of methoxy groups -OCH3 is 1. The van der Waals surface area contributed by atoms with Gasteiger partial charge in [0.1, 0.15) is 5.75 Å². The molecule has 5 nitrogen and oxygen atoms in total. The molecule has 0 N–H and O–H groups in total. The lowest BCUT2D eigenvalue weighted by Crippen LogP contribution is -1.99. The SMILES string of the molecule is COc1ccc(-n2s/c(=N\Cc3cccnc3)nc2-c2ccccc2)cc1. The summed E-state index contributed by atoms with van der Waals surface area (Å²) in [5.41, 5.74) is 3.13. The van der Waals surface area contributed by atoms with Crippen molar-refractivity contribution >= 4 is 11.5 Å². The number of aromatic nitrogens is 3. The topological polar surface area (TPSA) is 52.3 Å². The van der Waals surface area contributed by atoms with Gasteiger partial charge in [0.05, 0.1) is 19.3 Å². The average Bonchev–Trinajstić information content (AvgIpc) is 3.18. The summed E-state index contributed by atoms with van der Waals surface area (Å²) < 4.78 is 7.36. The summed E-state index contributed by atoms with van der Waals surface area (Å²) in [5, 5.41) is 0. The molecular formula is C21H18N4OS. The second kappa shape index (κ2) is 7.97. The van der Waals surface area contributed by atoms with Crippen LogP contribution in [0.3, 0.4) is 0 Å². The minimum atomic E-state index is 0.554. The summed E-state index contributed by atoms with van der Waals surface area (Å²) >= 11 is 1.52. The minimum Gasteiger partial charge on any atom is -0.497 e. The largest absolute Gasteiger partial charge is 0.497 e. The Kier molecular flexibility index (Phi) is 5.07. The zero-order chi connectivity index (χ0) is 18.5. The highest BCUT2D eigenvalue weighted by molar-refractivity contribution is 7.04. The van der Waals surface area contributed by atoms with Crippen LogP contribution in [-0.2, 0) is 6.54 Å². The van der Waals surface area contributed by atoms with E-state index in [0.717, 1.165) is 33.2 Å². The first-order valence-electron chi connectivity index (χ1n) is 8.53. The van der Waals surface area contributed by atoms with Gasteiger partial charge in [-0.1, -0.05) is 36.4 Å². The van der Waals surface area contributed by atoms with Crippen molar-refractivity contribution in [1.29, 1.82) is 0 Å². The molecule has 6 heteroatoms. The van der Waals surface area contributed by atoms with Gasteiger partial charge < -0.3 is 4.74 Å². The van der Waals surface area contributed by atoms with E-state index in [-0.39, 0.29) is 0 Å². The molecule has 2 aromatic heterocycles. The summed E-state index contributed by atoms with van der Waals surface area (Å²) in [7, 11) is 1.67. The molecule has 0 saturated carbocycles. The molecule has 0 spiro atoms. The van der Waals surface area contributed by atoms with Crippen molar-refractivity contribution < 1.29 is 4.74 Å². The van der Waals surface area contributed by atoms with Gasteiger partial charge in [-0.15, -0.1) is 0 Å². The Morgan fingerprint density at radius 1 is 1.00 bits per heavy atom. The first kappa shape index (κ1) is 17.2. The van der Waals surface area contributed by atoms with Crippen LogP contribution in [0.15, 0.2) is 84.1 Å². The van der Waals surface area contributed by atoms with Gasteiger partial charge in [-0.05, 0) is 47.4 Å². The second-order valence-electron chi connectivity index (χ2n) is 5.85. The molecular weight excluding hydrogens is 356 g/mol. The number of pyridine rings is 1. The Morgan fingerprint density at radius 2 is 1.81 bits per heavy atom. The lowest BCUT2D eigenvalue weighted by atomic mass is 10.2. The summed E-state index contributed by atoms with van der Waals surface area (Å²) in [5.74, 6) is 1.70. The van der Waals surface area contributed by atoms with Gasteiger partial charge in [-0.2, -0.15) is 4.98 Å². The third kappa shape index (κ3) is 3.96. The van der Waals surface area contributed by atoms with Gasteiger partial charge in [0, 0.05) is 18.0 Å². The zero-order valence-corrected chi connectivity index (χ0v) is 15.6. The molecule has 0 fully saturated rings. The number of benzene rings is 2. The van der Waals surface area contributed by atoms with Gasteiger partial charge in [0.25, 0.3) is 0 Å². The highest BCUT2D eigenvalue weighted by Gasteiger charge is 2.11. The molecule has 134 valence electrons. The first-order valence-corrected chi connectivity index (χ1v) is 9.30. The molecule has 0 unspecified atom stereocenters. The van der Waals surface area contributed by atoms with Gasteiger partial charge >= 0.3 is 0 Å². The van der Waals surface area contributed by atoms with Gasteiger partial charge in [0.2, 0.25) is 4.80 Å². The molecule has 0 aliphatic heterocycles. The average molecular weight is 374 g/mol. The summed E-state index contributed by atoms with van der Waals surface area (Å²) in [6.45, 7) is 0.554. The number of hydrogen-bond donors (Lipinski definition) is 0. The third-order valence-electron chi connectivity index (χ3n) is 4.03. The van der Waals surface area contributed by atoms with E-state index < -0.39 is 0 Å². The molecule has 0 aliphatic rings. The van der Waals surface area contributed by atoms with Crippen LogP contribution in [0.4, 0.5) is 0 Å². The molecule has 2 heterocycles. The van der Waals surface area contributed by atoms with Crippen molar-refractivity contribution in [2.45, 2.75) is 6.54 Å². The molecule has 27 heavy (non-hydrogen) atoms. The maximum Gasteiger partial charge on any atom is 0.223 e. The fourth-order valence-corrected chi connectivity index (χ4v) is 3.53. The molecule has 0 radical (unpaired) electrons. The summed E-state index contributed by atoms with van der Waals surface area (Å²) in [6, 6.07) is 22.0. The Labute approximate surface area is 161 Å². The molecule has 4 rings (SSSR count). The van der Waals surface area contributed by atoms with Crippen molar-refractivity contribution in [2.75, 3.05) is 7.11 Å². The van der Waals surface area contributed by atoms with Crippen molar-refractivity contribution in [3.05, 3.63) is 89.5 Å². The van der Waals surface area contributed by atoms with Crippen LogP contribution in [0.5, 0.6) is 5.75 Å². The Morgan fingerprint density at radius 3 is 2.52 bits per heavy atom. The van der Waals surface area contributed by atoms with Crippen LogP contribution < -0.4 is 9.54 Å². The van der Waals surface area contributed by atoms with Gasteiger partial charge in [0.15, 0.2) is 5.82 Å². The fourth-order valence-electron chi connectivity index (χ4n) is 2.66. The van der Waals surface area contributed by atoms with Crippen LogP contribution in [0.1, 0.15) is 5.56 Å². The van der Waals surface area contributed by atoms with E-state index >= 15 is 0 Å². The van der Waals surface area contributed by atoms with E-state index in [1.54, 1.807) is 13.3 Å². The maximum atomic E-state index is 5.27. The lowest BCUT2D eigenvalue weighted by molar-refractivity contribution is 0.415. The predicted molar refractivity (Wildman–Crippen MR) is 107 cm³/mol. The standard InChI is InChI=1S/C21H18N4OS/c1-26-19-11-9-18(10-12-19)25-20(17-7-3-2-4-8-17)24-21(27-25)23-15-16-6-5-13-22-14-16/h2-14H,15H2,1H3/b23-21-. The summed E-state index contributed by atoms with van der Waals surface area (Å²) in [4.78, 5) is 14.3. The molecule has 0 amide bonds. The highest BCUT2D eigenvalue weighted by Crippen LogP contribution is 2.23. The van der Waals surface area contributed by atoms with Crippen molar-refractivity contribution in [3.8, 4) is 22.8 Å². The highest BCUT2D eigenvalue weighted by atomic mass is 32.1. The Bertz CT molecular complexity index is 1070. The van der Waals surface area contributed by atoms with E-state index in [1.165, 1.54) is 11.5 Å². The number of ether oxygens (including phenoxy) is 1. The monoisotopic (exact) mass is 374 g/mol. The van der Waals surface area contributed by atoms with Crippen molar-refractivity contribution in [2.24, 2.45) is 4.99 Å². The van der Waals surface area contributed by atoms with Crippen LogP contribution in [-0.4, -0.2) is 21.0 Å².